The first-order chi connectivity index (χ1) is 8.19. The number of rotatable bonds is 3. The topological polar surface area (TPSA) is 15.3 Å². The molecule has 1 saturated heterocycles. The molecule has 1 unspecified atom stereocenters. The van der Waals surface area contributed by atoms with Crippen molar-refractivity contribution in [2.24, 2.45) is 5.92 Å². The van der Waals surface area contributed by atoms with Crippen molar-refractivity contribution in [1.82, 2.24) is 10.2 Å². The van der Waals surface area contributed by atoms with Crippen molar-refractivity contribution in [3.63, 3.8) is 0 Å². The predicted molar refractivity (Wildman–Crippen MR) is 74.3 cm³/mol. The van der Waals surface area contributed by atoms with E-state index in [9.17, 15) is 0 Å². The van der Waals surface area contributed by atoms with Crippen LogP contribution in [0.1, 0.15) is 59.3 Å². The molecule has 1 spiro atoms. The van der Waals surface area contributed by atoms with Crippen LogP contribution in [0, 0.1) is 5.92 Å². The van der Waals surface area contributed by atoms with Gasteiger partial charge in [-0.15, -0.1) is 0 Å². The first kappa shape index (κ1) is 13.4. The Morgan fingerprint density at radius 3 is 2.47 bits per heavy atom. The maximum Gasteiger partial charge on any atom is 0.0337 e. The van der Waals surface area contributed by atoms with Gasteiger partial charge in [0.25, 0.3) is 0 Å². The molecule has 1 heterocycles. The van der Waals surface area contributed by atoms with Crippen LogP contribution in [0.4, 0.5) is 0 Å². The molecule has 2 nitrogen and oxygen atoms in total. The van der Waals surface area contributed by atoms with Gasteiger partial charge in [0.1, 0.15) is 0 Å². The van der Waals surface area contributed by atoms with Gasteiger partial charge in [0.05, 0.1) is 0 Å². The molecule has 100 valence electrons. The van der Waals surface area contributed by atoms with Gasteiger partial charge in [0, 0.05) is 31.2 Å². The molecule has 0 radical (unpaired) electrons. The summed E-state index contributed by atoms with van der Waals surface area (Å²) in [5.74, 6) is 0.789. The first-order valence-electron chi connectivity index (χ1n) is 7.67. The lowest BCUT2D eigenvalue weighted by Crippen LogP contribution is -2.65. The van der Waals surface area contributed by atoms with Crippen LogP contribution in [0.5, 0.6) is 0 Å². The molecule has 1 N–H and O–H groups in total. The van der Waals surface area contributed by atoms with Crippen LogP contribution in [-0.4, -0.2) is 36.1 Å². The highest BCUT2D eigenvalue weighted by Crippen LogP contribution is 2.37. The summed E-state index contributed by atoms with van der Waals surface area (Å²) in [6.07, 6.45) is 8.47. The Morgan fingerprint density at radius 2 is 1.88 bits per heavy atom. The third-order valence-corrected chi connectivity index (χ3v) is 4.97. The number of nitrogens with one attached hydrogen (secondary N) is 1. The largest absolute Gasteiger partial charge is 0.314 e. The molecule has 2 fully saturated rings. The number of piperazine rings is 1. The average Bonchev–Trinajstić information content (AvgIpc) is 2.33. The molecule has 1 aliphatic heterocycles. The minimum Gasteiger partial charge on any atom is -0.314 e. The maximum absolute atomic E-state index is 3.65. The lowest BCUT2D eigenvalue weighted by Gasteiger charge is -2.54. The Labute approximate surface area is 107 Å². The van der Waals surface area contributed by atoms with Crippen molar-refractivity contribution in [2.45, 2.75) is 70.9 Å². The third kappa shape index (κ3) is 2.68. The van der Waals surface area contributed by atoms with Crippen molar-refractivity contribution in [1.29, 1.82) is 0 Å². The Hall–Kier alpha value is -0.0800. The fraction of sp³-hybridized carbons (Fsp3) is 1.00. The van der Waals surface area contributed by atoms with Crippen LogP contribution in [-0.2, 0) is 0 Å². The highest BCUT2D eigenvalue weighted by atomic mass is 15.3. The summed E-state index contributed by atoms with van der Waals surface area (Å²) in [5, 5.41) is 3.65. The SMILES string of the molecule is CCC(C(C)C)N1CCNCC12CCCCC2. The van der Waals surface area contributed by atoms with E-state index in [-0.39, 0.29) is 0 Å². The van der Waals surface area contributed by atoms with Gasteiger partial charge in [-0.05, 0) is 25.2 Å². The number of hydrogen-bond donors (Lipinski definition) is 1. The normalized spacial score (nSPS) is 27.5. The fourth-order valence-corrected chi connectivity index (χ4v) is 4.10. The second-order valence-corrected chi connectivity index (χ2v) is 6.37. The van der Waals surface area contributed by atoms with E-state index in [2.05, 4.69) is 31.0 Å². The fourth-order valence-electron chi connectivity index (χ4n) is 4.10. The summed E-state index contributed by atoms with van der Waals surface area (Å²) in [6.45, 7) is 10.8. The molecule has 0 aromatic rings. The molecular weight excluding hydrogens is 208 g/mol. The predicted octanol–water partition coefficient (Wildman–Crippen LogP) is 3.03. The molecule has 1 atom stereocenters. The van der Waals surface area contributed by atoms with E-state index in [0.717, 1.165) is 12.0 Å². The van der Waals surface area contributed by atoms with Crippen LogP contribution in [0.25, 0.3) is 0 Å². The lowest BCUT2D eigenvalue weighted by molar-refractivity contribution is -0.0231. The summed E-state index contributed by atoms with van der Waals surface area (Å²) in [5.41, 5.74) is 0.501. The zero-order valence-electron chi connectivity index (χ0n) is 12.0. The standard InChI is InChI=1S/C15H30N2/c1-4-14(13(2)3)17-11-10-16-12-15(17)8-6-5-7-9-15/h13-14,16H,4-12H2,1-3H3. The van der Waals surface area contributed by atoms with Crippen LogP contribution in [0.2, 0.25) is 0 Å². The van der Waals surface area contributed by atoms with E-state index in [4.69, 9.17) is 0 Å². The van der Waals surface area contributed by atoms with Gasteiger partial charge in [-0.25, -0.2) is 0 Å². The molecule has 2 aliphatic rings. The maximum atomic E-state index is 3.65. The lowest BCUT2D eigenvalue weighted by atomic mass is 9.77. The second kappa shape index (κ2) is 5.71. The highest BCUT2D eigenvalue weighted by molar-refractivity contribution is 5.00. The molecule has 2 heteroatoms. The average molecular weight is 238 g/mol. The van der Waals surface area contributed by atoms with Gasteiger partial charge in [0.15, 0.2) is 0 Å². The smallest absolute Gasteiger partial charge is 0.0337 e. The molecular formula is C15H30N2. The molecule has 0 bridgehead atoms. The van der Waals surface area contributed by atoms with Gasteiger partial charge in [-0.2, -0.15) is 0 Å². The molecule has 0 aromatic carbocycles. The molecule has 17 heavy (non-hydrogen) atoms. The van der Waals surface area contributed by atoms with Gasteiger partial charge in [0.2, 0.25) is 0 Å². The van der Waals surface area contributed by atoms with E-state index in [1.54, 1.807) is 0 Å². The number of hydrogen-bond acceptors (Lipinski definition) is 2. The van der Waals surface area contributed by atoms with Crippen LogP contribution < -0.4 is 5.32 Å². The van der Waals surface area contributed by atoms with E-state index >= 15 is 0 Å². The minimum atomic E-state index is 0.501. The summed E-state index contributed by atoms with van der Waals surface area (Å²) in [4.78, 5) is 2.88. The Kier molecular flexibility index (Phi) is 4.48. The van der Waals surface area contributed by atoms with Crippen molar-refractivity contribution in [3.8, 4) is 0 Å². The van der Waals surface area contributed by atoms with Gasteiger partial charge in [-0.1, -0.05) is 40.0 Å². The van der Waals surface area contributed by atoms with Crippen molar-refractivity contribution < 1.29 is 0 Å². The summed E-state index contributed by atoms with van der Waals surface area (Å²) >= 11 is 0. The second-order valence-electron chi connectivity index (χ2n) is 6.37. The van der Waals surface area contributed by atoms with Crippen LogP contribution in [0.15, 0.2) is 0 Å². The monoisotopic (exact) mass is 238 g/mol. The zero-order valence-corrected chi connectivity index (χ0v) is 12.0. The van der Waals surface area contributed by atoms with Gasteiger partial charge in [-0.3, -0.25) is 4.90 Å². The minimum absolute atomic E-state index is 0.501. The number of nitrogens with zero attached hydrogens (tertiary/aromatic N) is 1. The van der Waals surface area contributed by atoms with E-state index in [0.29, 0.717) is 5.54 Å². The Morgan fingerprint density at radius 1 is 1.18 bits per heavy atom. The zero-order chi connectivity index (χ0) is 12.3. The van der Waals surface area contributed by atoms with Gasteiger partial charge >= 0.3 is 0 Å². The first-order valence-corrected chi connectivity index (χ1v) is 7.67. The van der Waals surface area contributed by atoms with E-state index in [1.807, 2.05) is 0 Å². The summed E-state index contributed by atoms with van der Waals surface area (Å²) < 4.78 is 0. The quantitative estimate of drug-likeness (QED) is 0.813. The summed E-state index contributed by atoms with van der Waals surface area (Å²) in [7, 11) is 0. The van der Waals surface area contributed by atoms with Gasteiger partial charge < -0.3 is 5.32 Å². The summed E-state index contributed by atoms with van der Waals surface area (Å²) in [6, 6.07) is 0.787. The molecule has 1 aliphatic carbocycles. The van der Waals surface area contributed by atoms with Crippen LogP contribution >= 0.6 is 0 Å². The Bertz CT molecular complexity index is 223. The van der Waals surface area contributed by atoms with E-state index < -0.39 is 0 Å². The van der Waals surface area contributed by atoms with Crippen molar-refractivity contribution in [3.05, 3.63) is 0 Å². The van der Waals surface area contributed by atoms with Crippen molar-refractivity contribution in [2.75, 3.05) is 19.6 Å². The Balaban J connectivity index is 2.15. The molecule has 0 aromatic heterocycles. The van der Waals surface area contributed by atoms with Crippen molar-refractivity contribution >= 4 is 0 Å². The molecule has 2 rings (SSSR count). The van der Waals surface area contributed by atoms with E-state index in [1.165, 1.54) is 58.2 Å². The molecule has 1 saturated carbocycles. The van der Waals surface area contributed by atoms with Crippen LogP contribution in [0.3, 0.4) is 0 Å². The third-order valence-electron chi connectivity index (χ3n) is 4.97. The highest BCUT2D eigenvalue weighted by Gasteiger charge is 2.42. The molecule has 0 amide bonds.